The van der Waals surface area contributed by atoms with Gasteiger partial charge in [0, 0.05) is 5.56 Å². The number of sulfonamides is 1. The minimum absolute atomic E-state index is 0.0221. The Bertz CT molecular complexity index is 1220. The molecule has 0 spiro atoms. The summed E-state index contributed by atoms with van der Waals surface area (Å²) in [6.45, 7) is 0. The Morgan fingerprint density at radius 1 is 0.828 bits per heavy atom. The summed E-state index contributed by atoms with van der Waals surface area (Å²) in [7, 11) is -3.82. The quantitative estimate of drug-likeness (QED) is 0.678. The molecule has 0 radical (unpaired) electrons. The van der Waals surface area contributed by atoms with Crippen LogP contribution in [-0.4, -0.2) is 20.2 Å². The Morgan fingerprint density at radius 3 is 2.00 bits per heavy atom. The van der Waals surface area contributed by atoms with Crippen LogP contribution < -0.4 is 10.0 Å². The second kappa shape index (κ2) is 7.46. The maximum absolute atomic E-state index is 13.2. The lowest BCUT2D eigenvalue weighted by Gasteiger charge is -2.18. The topological polar surface area (TPSA) is 92.8 Å². The molecule has 0 bridgehead atoms. The van der Waals surface area contributed by atoms with Crippen molar-refractivity contribution in [3.8, 4) is 0 Å². The van der Waals surface area contributed by atoms with Crippen LogP contribution in [0.1, 0.15) is 11.1 Å². The Hall–Kier alpha value is -3.55. The van der Waals surface area contributed by atoms with E-state index in [1.807, 2.05) is 60.7 Å². The summed E-state index contributed by atoms with van der Waals surface area (Å²) in [5, 5.41) is 5.17. The lowest BCUT2D eigenvalue weighted by atomic mass is 10.1. The van der Waals surface area contributed by atoms with Crippen molar-refractivity contribution in [2.75, 3.05) is 4.90 Å². The smallest absolute Gasteiger partial charge is 0.266 e. The van der Waals surface area contributed by atoms with Crippen LogP contribution in [-0.2, 0) is 14.8 Å². The lowest BCUT2D eigenvalue weighted by Crippen LogP contribution is -2.32. The van der Waals surface area contributed by atoms with E-state index in [-0.39, 0.29) is 10.8 Å². The van der Waals surface area contributed by atoms with Crippen LogP contribution in [0.15, 0.2) is 101 Å². The third-order valence-electron chi connectivity index (χ3n) is 4.42. The van der Waals surface area contributed by atoms with Crippen molar-refractivity contribution in [2.24, 2.45) is 10.1 Å². The summed E-state index contributed by atoms with van der Waals surface area (Å²) < 4.78 is 23.1. The molecule has 1 aliphatic heterocycles. The molecule has 0 saturated carbocycles. The fourth-order valence-electron chi connectivity index (χ4n) is 3.03. The monoisotopic (exact) mass is 403 g/mol. The molecule has 3 aromatic rings. The van der Waals surface area contributed by atoms with Crippen LogP contribution in [0.4, 0.5) is 5.69 Å². The van der Waals surface area contributed by atoms with Crippen molar-refractivity contribution in [1.29, 1.82) is 0 Å². The first kappa shape index (κ1) is 18.8. The van der Waals surface area contributed by atoms with Crippen molar-refractivity contribution in [1.82, 2.24) is 0 Å². The van der Waals surface area contributed by atoms with Gasteiger partial charge in [0.15, 0.2) is 0 Å². The van der Waals surface area contributed by atoms with Crippen LogP contribution in [0.5, 0.6) is 0 Å². The molecule has 0 fully saturated rings. The van der Waals surface area contributed by atoms with Crippen LogP contribution in [0.2, 0.25) is 0 Å². The highest BCUT2D eigenvalue weighted by molar-refractivity contribution is 7.89. The first-order chi connectivity index (χ1) is 13.9. The predicted octanol–water partition coefficient (Wildman–Crippen LogP) is 3.17. The van der Waals surface area contributed by atoms with Gasteiger partial charge in [-0.2, -0.15) is 0 Å². The molecule has 4 rings (SSSR count). The van der Waals surface area contributed by atoms with Crippen LogP contribution in [0, 0.1) is 0 Å². The Balaban J connectivity index is 1.80. The van der Waals surface area contributed by atoms with E-state index >= 15 is 0 Å². The van der Waals surface area contributed by atoms with Crippen molar-refractivity contribution in [2.45, 2.75) is 4.90 Å². The first-order valence-corrected chi connectivity index (χ1v) is 10.4. The Morgan fingerprint density at radius 2 is 1.41 bits per heavy atom. The second-order valence-electron chi connectivity index (χ2n) is 6.42. The Labute approximate surface area is 168 Å². The van der Waals surface area contributed by atoms with Gasteiger partial charge in [0.2, 0.25) is 10.0 Å². The van der Waals surface area contributed by atoms with Crippen molar-refractivity contribution >= 4 is 33.5 Å². The van der Waals surface area contributed by atoms with Crippen LogP contribution in [0.3, 0.4) is 0 Å². The van der Waals surface area contributed by atoms with E-state index in [2.05, 4.69) is 4.99 Å². The van der Waals surface area contributed by atoms with Crippen molar-refractivity contribution in [3.05, 3.63) is 102 Å². The molecule has 3 aromatic carbocycles. The summed E-state index contributed by atoms with van der Waals surface area (Å²) in [5.41, 5.74) is 2.43. The number of nitrogens with two attached hydrogens (primary N) is 1. The van der Waals surface area contributed by atoms with E-state index in [4.69, 9.17) is 5.14 Å². The summed E-state index contributed by atoms with van der Waals surface area (Å²) in [5.74, 6) is 0.178. The highest BCUT2D eigenvalue weighted by Gasteiger charge is 2.32. The van der Waals surface area contributed by atoms with E-state index < -0.39 is 10.0 Å². The van der Waals surface area contributed by atoms with E-state index in [1.54, 1.807) is 18.2 Å². The zero-order valence-corrected chi connectivity index (χ0v) is 16.1. The zero-order chi connectivity index (χ0) is 20.4. The molecule has 144 valence electrons. The molecule has 29 heavy (non-hydrogen) atoms. The van der Waals surface area contributed by atoms with E-state index in [0.717, 1.165) is 11.1 Å². The Kier molecular flexibility index (Phi) is 4.84. The summed E-state index contributed by atoms with van der Waals surface area (Å²) in [4.78, 5) is 19.2. The summed E-state index contributed by atoms with van der Waals surface area (Å²) in [6, 6.07) is 24.6. The van der Waals surface area contributed by atoms with Gasteiger partial charge in [-0.1, -0.05) is 60.7 Å². The second-order valence-corrected chi connectivity index (χ2v) is 7.98. The van der Waals surface area contributed by atoms with Gasteiger partial charge in [-0.15, -0.1) is 0 Å². The number of benzene rings is 3. The molecule has 2 N–H and O–H groups in total. The normalized spacial score (nSPS) is 15.6. The molecule has 0 unspecified atom stereocenters. The number of aliphatic imine (C=N–C) groups is 1. The molecule has 0 aliphatic carbocycles. The summed E-state index contributed by atoms with van der Waals surface area (Å²) >= 11 is 0. The number of carbonyl (C=O) groups excluding carboxylic acids is 1. The number of hydrogen-bond donors (Lipinski definition) is 1. The maximum Gasteiger partial charge on any atom is 0.282 e. The van der Waals surface area contributed by atoms with Gasteiger partial charge >= 0.3 is 0 Å². The highest BCUT2D eigenvalue weighted by atomic mass is 32.2. The van der Waals surface area contributed by atoms with Crippen molar-refractivity contribution < 1.29 is 13.2 Å². The van der Waals surface area contributed by atoms with Crippen LogP contribution in [0.25, 0.3) is 6.08 Å². The summed E-state index contributed by atoms with van der Waals surface area (Å²) in [6.07, 6.45) is 1.73. The number of anilines is 1. The minimum Gasteiger partial charge on any atom is -0.266 e. The number of primary sulfonamides is 1. The maximum atomic E-state index is 13.2. The highest BCUT2D eigenvalue weighted by Crippen LogP contribution is 2.28. The number of rotatable bonds is 4. The number of amides is 1. The lowest BCUT2D eigenvalue weighted by molar-refractivity contribution is -0.113. The van der Waals surface area contributed by atoms with E-state index in [1.165, 1.54) is 17.0 Å². The molecule has 1 amide bonds. The first-order valence-electron chi connectivity index (χ1n) is 8.82. The van der Waals surface area contributed by atoms with Gasteiger partial charge < -0.3 is 0 Å². The fourth-order valence-corrected chi connectivity index (χ4v) is 3.54. The molecular weight excluding hydrogens is 386 g/mol. The number of amidine groups is 1. The number of carbonyl (C=O) groups is 1. The largest absolute Gasteiger partial charge is 0.282 e. The molecule has 1 aliphatic rings. The number of hydrogen-bond acceptors (Lipinski definition) is 4. The van der Waals surface area contributed by atoms with Gasteiger partial charge in [-0.25, -0.2) is 18.5 Å². The average Bonchev–Trinajstić information content (AvgIpc) is 3.05. The third kappa shape index (κ3) is 3.87. The van der Waals surface area contributed by atoms with Gasteiger partial charge in [0.1, 0.15) is 11.5 Å². The molecule has 0 saturated heterocycles. The predicted molar refractivity (Wildman–Crippen MR) is 113 cm³/mol. The minimum atomic E-state index is -3.82. The van der Waals surface area contributed by atoms with Gasteiger partial charge in [-0.05, 0) is 35.9 Å². The van der Waals surface area contributed by atoms with E-state index in [0.29, 0.717) is 17.2 Å². The van der Waals surface area contributed by atoms with Gasteiger partial charge in [0.05, 0.1) is 10.6 Å². The van der Waals surface area contributed by atoms with Crippen LogP contribution >= 0.6 is 0 Å². The molecule has 0 atom stereocenters. The van der Waals surface area contributed by atoms with E-state index in [9.17, 15) is 13.2 Å². The standard InChI is InChI=1S/C22H17N3O3S/c23-29(27,28)19-13-11-18(12-14-19)25-21(17-9-5-2-6-10-17)24-20(22(25)26)15-16-7-3-1-4-8-16/h1-15H,(H2,23,27,28)/b20-15+. The molecule has 0 aromatic heterocycles. The fraction of sp³-hybridized carbons (Fsp3) is 0. The van der Waals surface area contributed by atoms with Gasteiger partial charge in [0.25, 0.3) is 5.91 Å². The van der Waals surface area contributed by atoms with Crippen molar-refractivity contribution in [3.63, 3.8) is 0 Å². The average molecular weight is 403 g/mol. The molecule has 1 heterocycles. The molecule has 7 heteroatoms. The number of nitrogens with zero attached hydrogens (tertiary/aromatic N) is 2. The third-order valence-corrected chi connectivity index (χ3v) is 5.35. The molecule has 6 nitrogen and oxygen atoms in total. The SMILES string of the molecule is NS(=O)(=O)c1ccc(N2C(=O)/C(=C\c3ccccc3)N=C2c2ccccc2)cc1. The zero-order valence-electron chi connectivity index (χ0n) is 15.3. The van der Waals surface area contributed by atoms with Gasteiger partial charge in [-0.3, -0.25) is 9.69 Å². The molecular formula is C22H17N3O3S.